The molecule has 1 aromatic carbocycles. The maximum Gasteiger partial charge on any atom is 0.474 e. The third-order valence-electron chi connectivity index (χ3n) is 4.45. The molecule has 0 bridgehead atoms. The Balaban J connectivity index is 1.37. The predicted octanol–water partition coefficient (Wildman–Crippen LogP) is 4.06. The fourth-order valence-corrected chi connectivity index (χ4v) is 3.85. The Hall–Kier alpha value is -3.41. The molecule has 3 heterocycles. The lowest BCUT2D eigenvalue weighted by atomic mass is 10.2. The molecule has 0 radical (unpaired) electrons. The summed E-state index contributed by atoms with van der Waals surface area (Å²) in [4.78, 5) is 15.0. The molecule has 3 aromatic heterocycles. The summed E-state index contributed by atoms with van der Waals surface area (Å²) < 4.78 is 63.5. The summed E-state index contributed by atoms with van der Waals surface area (Å²) in [5, 5.41) is 5.36. The van der Waals surface area contributed by atoms with Crippen LogP contribution in [0.2, 0.25) is 0 Å². The number of nitrogens with zero attached hydrogens (tertiary/aromatic N) is 4. The van der Waals surface area contributed by atoms with Gasteiger partial charge in [-0.3, -0.25) is 9.00 Å². The van der Waals surface area contributed by atoms with Gasteiger partial charge in [-0.25, -0.2) is 9.50 Å². The number of benzene rings is 1. The third kappa shape index (κ3) is 4.90. The maximum atomic E-state index is 12.1. The lowest BCUT2D eigenvalue weighted by Crippen LogP contribution is -2.20. The molecule has 12 heteroatoms. The molecule has 0 saturated carbocycles. The highest BCUT2D eigenvalue weighted by atomic mass is 32.2. The number of thiol groups is 1. The molecule has 1 amide bonds. The minimum absolute atomic E-state index is 0.134. The minimum atomic E-state index is -5.10. The van der Waals surface area contributed by atoms with Crippen LogP contribution in [-0.2, 0) is 15.4 Å². The topological polar surface area (TPSA) is 99.1 Å². The summed E-state index contributed by atoms with van der Waals surface area (Å²) in [6.45, 7) is 0.198. The molecule has 0 fully saturated rings. The van der Waals surface area contributed by atoms with Gasteiger partial charge in [0.05, 0.1) is 12.8 Å². The first-order chi connectivity index (χ1) is 15.3. The highest BCUT2D eigenvalue weighted by molar-refractivity contribution is 7.75. The van der Waals surface area contributed by atoms with E-state index < -0.39 is 22.7 Å². The molecule has 1 unspecified atom stereocenters. The zero-order valence-corrected chi connectivity index (χ0v) is 17.3. The lowest BCUT2D eigenvalue weighted by Gasteiger charge is -2.05. The van der Waals surface area contributed by atoms with Crippen molar-refractivity contribution in [3.63, 3.8) is 0 Å². The number of imidazole rings is 1. The van der Waals surface area contributed by atoms with Gasteiger partial charge in [-0.2, -0.15) is 17.5 Å². The Labute approximate surface area is 181 Å². The fraction of sp³-hybridized carbons (Fsp3) is 0.250. The van der Waals surface area contributed by atoms with Gasteiger partial charge in [0.2, 0.25) is 5.88 Å². The quantitative estimate of drug-likeness (QED) is 0.326. The van der Waals surface area contributed by atoms with E-state index in [0.29, 0.717) is 29.4 Å². The number of rotatable bonds is 7. The average molecular weight is 466 g/mol. The van der Waals surface area contributed by atoms with Crippen LogP contribution in [0.25, 0.3) is 28.1 Å². The van der Waals surface area contributed by atoms with Crippen LogP contribution in [0, 0.1) is 0 Å². The van der Waals surface area contributed by atoms with Crippen molar-refractivity contribution in [2.24, 2.45) is 4.36 Å². The number of carbonyl (C=O) groups excluding carboxylic acids is 1. The minimum Gasteiger partial charge on any atom is -0.477 e. The van der Waals surface area contributed by atoms with Gasteiger partial charge in [-0.1, -0.05) is 18.2 Å². The lowest BCUT2D eigenvalue weighted by molar-refractivity contribution is -0.169. The Bertz CT molecular complexity index is 1320. The molecular formula is C20H17F3N4O4S. The predicted molar refractivity (Wildman–Crippen MR) is 111 cm³/mol. The molecule has 0 spiro atoms. The van der Waals surface area contributed by atoms with Gasteiger partial charge in [-0.15, -0.1) is 5.10 Å². The van der Waals surface area contributed by atoms with E-state index in [-0.39, 0.29) is 18.8 Å². The summed E-state index contributed by atoms with van der Waals surface area (Å²) >= 11 is 0. The fourth-order valence-electron chi connectivity index (χ4n) is 2.94. The van der Waals surface area contributed by atoms with Crippen molar-refractivity contribution in [1.29, 1.82) is 0 Å². The Morgan fingerprint density at radius 3 is 2.78 bits per heavy atom. The van der Waals surface area contributed by atoms with E-state index in [0.717, 1.165) is 11.0 Å². The third-order valence-corrected chi connectivity index (χ3v) is 5.56. The highest BCUT2D eigenvalue weighted by Crippen LogP contribution is 2.28. The normalized spacial score (nSPS) is 13.1. The number of para-hydroxylation sites is 1. The second-order valence-electron chi connectivity index (χ2n) is 6.77. The van der Waals surface area contributed by atoms with Crippen LogP contribution >= 0.6 is 0 Å². The molecule has 0 aliphatic heterocycles. The summed E-state index contributed by atoms with van der Waals surface area (Å²) in [5.41, 5.74) is 1.99. The van der Waals surface area contributed by atoms with Crippen LogP contribution in [0.15, 0.2) is 57.4 Å². The number of carbonyl (C=O) groups is 1. The summed E-state index contributed by atoms with van der Waals surface area (Å²) in [7, 11) is -2.60. The molecule has 4 aromatic rings. The van der Waals surface area contributed by atoms with Gasteiger partial charge in [-0.05, 0) is 31.0 Å². The van der Waals surface area contributed by atoms with Gasteiger partial charge in [0, 0.05) is 27.8 Å². The number of alkyl halides is 3. The number of fused-ring (bicyclic) bond motifs is 2. The van der Waals surface area contributed by atoms with Crippen molar-refractivity contribution in [2.75, 3.05) is 12.4 Å². The van der Waals surface area contributed by atoms with Crippen LogP contribution < -0.4 is 4.74 Å². The second kappa shape index (κ2) is 8.99. The van der Waals surface area contributed by atoms with Crippen molar-refractivity contribution in [3.8, 4) is 17.3 Å². The first kappa shape index (κ1) is 21.8. The highest BCUT2D eigenvalue weighted by Gasteiger charge is 2.38. The Kier molecular flexibility index (Phi) is 6.12. The van der Waals surface area contributed by atoms with Crippen LogP contribution in [0.1, 0.15) is 12.8 Å². The van der Waals surface area contributed by atoms with Gasteiger partial charge in [0.1, 0.15) is 11.3 Å². The van der Waals surface area contributed by atoms with E-state index in [4.69, 9.17) is 9.15 Å². The van der Waals surface area contributed by atoms with E-state index in [9.17, 15) is 22.2 Å². The molecule has 0 aliphatic carbocycles. The van der Waals surface area contributed by atoms with Crippen LogP contribution in [0.4, 0.5) is 13.2 Å². The van der Waals surface area contributed by atoms with E-state index >= 15 is 0 Å². The van der Waals surface area contributed by atoms with Gasteiger partial charge in [0.15, 0.2) is 11.4 Å². The molecule has 4 rings (SSSR count). The number of aromatic nitrogens is 3. The van der Waals surface area contributed by atoms with E-state index in [1.807, 2.05) is 30.3 Å². The van der Waals surface area contributed by atoms with Crippen molar-refractivity contribution >= 4 is 33.1 Å². The Morgan fingerprint density at radius 1 is 1.19 bits per heavy atom. The molecule has 0 aliphatic rings. The first-order valence-electron chi connectivity index (χ1n) is 9.55. The van der Waals surface area contributed by atoms with Crippen LogP contribution in [-0.4, -0.2) is 43.3 Å². The number of hydrogen-bond donors (Lipinski definition) is 1. The van der Waals surface area contributed by atoms with Gasteiger partial charge in [0.25, 0.3) is 0 Å². The standard InChI is InChI=1S/C20H17F3N4O4S/c21-20(22,23)19(28)26-32(29)10-4-3-9-30-18-8-7-17-24-12-14(27(17)25-18)16-11-13-5-1-2-6-15(13)31-16/h1-2,5-8,11-12,32H,3-4,9-10H2. The molecule has 0 N–H and O–H groups in total. The zero-order chi connectivity index (χ0) is 22.7. The molecule has 32 heavy (non-hydrogen) atoms. The SMILES string of the molecule is O=C(/N=[SH](=O)/CCCCOc1ccc2ncc(-c3cc4ccccc4o3)n2n1)C(F)(F)F. The number of ether oxygens (including phenoxy) is 1. The number of hydrogen-bond acceptors (Lipinski definition) is 6. The van der Waals surface area contributed by atoms with E-state index in [1.165, 1.54) is 0 Å². The van der Waals surface area contributed by atoms with Crippen LogP contribution in [0.3, 0.4) is 0 Å². The van der Waals surface area contributed by atoms with Crippen LogP contribution in [0.5, 0.6) is 5.88 Å². The van der Waals surface area contributed by atoms with Gasteiger partial charge < -0.3 is 9.15 Å². The largest absolute Gasteiger partial charge is 0.477 e. The maximum absolute atomic E-state index is 12.1. The summed E-state index contributed by atoms with van der Waals surface area (Å²) in [6, 6.07) is 12.9. The van der Waals surface area contributed by atoms with Crippen molar-refractivity contribution in [3.05, 3.63) is 48.7 Å². The average Bonchev–Trinajstić information content (AvgIpc) is 3.36. The molecule has 8 nitrogen and oxygen atoms in total. The van der Waals surface area contributed by atoms with E-state index in [1.54, 1.807) is 22.8 Å². The molecule has 0 saturated heterocycles. The van der Waals surface area contributed by atoms with E-state index in [2.05, 4.69) is 14.4 Å². The van der Waals surface area contributed by atoms with Crippen molar-refractivity contribution < 1.29 is 31.3 Å². The zero-order valence-electron chi connectivity index (χ0n) is 16.5. The summed E-state index contributed by atoms with van der Waals surface area (Å²) in [6.07, 6.45) is -2.78. The molecule has 1 atom stereocenters. The van der Waals surface area contributed by atoms with Crippen molar-refractivity contribution in [1.82, 2.24) is 14.6 Å². The monoisotopic (exact) mass is 466 g/mol. The number of unbranched alkanes of at least 4 members (excludes halogenated alkanes) is 1. The summed E-state index contributed by atoms with van der Waals surface area (Å²) in [5.74, 6) is -1.54. The first-order valence-corrected chi connectivity index (χ1v) is 10.9. The second-order valence-corrected chi connectivity index (χ2v) is 8.12. The number of furan rings is 1. The molecular weight excluding hydrogens is 449 g/mol. The number of amides is 1. The Morgan fingerprint density at radius 2 is 2.00 bits per heavy atom. The van der Waals surface area contributed by atoms with Crippen molar-refractivity contribution in [2.45, 2.75) is 19.0 Å². The smallest absolute Gasteiger partial charge is 0.474 e. The number of halogens is 3. The molecule has 168 valence electrons. The van der Waals surface area contributed by atoms with Gasteiger partial charge >= 0.3 is 12.1 Å².